The van der Waals surface area contributed by atoms with E-state index < -0.39 is 5.97 Å². The van der Waals surface area contributed by atoms with E-state index >= 15 is 0 Å². The van der Waals surface area contributed by atoms with Crippen molar-refractivity contribution in [2.75, 3.05) is 11.1 Å². The lowest BCUT2D eigenvalue weighted by Crippen LogP contribution is -2.18. The Morgan fingerprint density at radius 3 is 2.47 bits per heavy atom. The summed E-state index contributed by atoms with van der Waals surface area (Å²) in [7, 11) is 0. The molecule has 0 aliphatic heterocycles. The number of hydrogen-bond donors (Lipinski definition) is 3. The van der Waals surface area contributed by atoms with Crippen molar-refractivity contribution in [3.63, 3.8) is 0 Å². The van der Waals surface area contributed by atoms with Crippen LogP contribution >= 0.6 is 0 Å². The largest absolute Gasteiger partial charge is 0.454 e. The van der Waals surface area contributed by atoms with Crippen LogP contribution in [0.1, 0.15) is 34.2 Å². The number of nitrogens with one attached hydrogen (secondary N) is 2. The molecule has 4 N–H and O–H groups in total. The average molecular weight is 406 g/mol. The van der Waals surface area contributed by atoms with Crippen LogP contribution in [0.4, 0.5) is 17.6 Å². The number of hydrogen-bond acceptors (Lipinski definition) is 8. The minimum Gasteiger partial charge on any atom is -0.454 e. The number of anilines is 3. The van der Waals surface area contributed by atoms with Crippen molar-refractivity contribution in [1.29, 1.82) is 0 Å². The highest BCUT2D eigenvalue weighted by Crippen LogP contribution is 2.18. The molecular weight excluding hydrogens is 384 g/mol. The maximum atomic E-state index is 12.3. The van der Waals surface area contributed by atoms with Crippen LogP contribution in [0.5, 0.6) is 0 Å². The lowest BCUT2D eigenvalue weighted by atomic mass is 10.1. The number of nitrogen functional groups attached to an aromatic ring is 1. The molecule has 0 saturated carbocycles. The van der Waals surface area contributed by atoms with E-state index in [1.54, 1.807) is 24.3 Å². The maximum absolute atomic E-state index is 12.3. The molecule has 0 aliphatic rings. The molecule has 1 heterocycles. The van der Waals surface area contributed by atoms with E-state index in [1.807, 2.05) is 31.2 Å². The third-order valence-electron chi connectivity index (χ3n) is 4.15. The molecular formula is C21H22N6O3. The second-order valence-corrected chi connectivity index (χ2v) is 6.56. The van der Waals surface area contributed by atoms with Crippen LogP contribution in [0.2, 0.25) is 0 Å². The van der Waals surface area contributed by atoms with Gasteiger partial charge in [0.25, 0.3) is 0 Å². The van der Waals surface area contributed by atoms with Crippen LogP contribution < -0.4 is 16.4 Å². The molecule has 9 nitrogen and oxygen atoms in total. The van der Waals surface area contributed by atoms with Gasteiger partial charge in [-0.3, -0.25) is 4.79 Å². The molecule has 3 aromatic rings. The van der Waals surface area contributed by atoms with Crippen LogP contribution in [0.3, 0.4) is 0 Å². The Bertz CT molecular complexity index is 1050. The summed E-state index contributed by atoms with van der Waals surface area (Å²) < 4.78 is 5.29. The van der Waals surface area contributed by atoms with Gasteiger partial charge in [0.1, 0.15) is 0 Å². The number of esters is 1. The van der Waals surface area contributed by atoms with Crippen molar-refractivity contribution in [1.82, 2.24) is 20.3 Å². The summed E-state index contributed by atoms with van der Waals surface area (Å²) in [4.78, 5) is 35.6. The lowest BCUT2D eigenvalue weighted by Gasteiger charge is -2.10. The first-order chi connectivity index (χ1) is 14.4. The molecule has 1 aromatic heterocycles. The Morgan fingerprint density at radius 1 is 1.03 bits per heavy atom. The van der Waals surface area contributed by atoms with E-state index in [2.05, 4.69) is 25.6 Å². The number of para-hydroxylation sites is 1. The first kappa shape index (κ1) is 20.7. The van der Waals surface area contributed by atoms with Gasteiger partial charge in [-0.1, -0.05) is 30.3 Å². The Labute approximate surface area is 173 Å². The second kappa shape index (κ2) is 9.46. The fourth-order valence-corrected chi connectivity index (χ4v) is 2.59. The van der Waals surface area contributed by atoms with Crippen molar-refractivity contribution in [3.8, 4) is 0 Å². The smallest absolute Gasteiger partial charge is 0.338 e. The van der Waals surface area contributed by atoms with E-state index in [-0.39, 0.29) is 30.2 Å². The topological polar surface area (TPSA) is 132 Å². The molecule has 2 aromatic carbocycles. The molecule has 30 heavy (non-hydrogen) atoms. The molecule has 0 bridgehead atoms. The number of carbonyl (C=O) groups is 2. The van der Waals surface area contributed by atoms with Crippen molar-refractivity contribution < 1.29 is 14.3 Å². The Morgan fingerprint density at radius 2 is 1.77 bits per heavy atom. The van der Waals surface area contributed by atoms with E-state index in [9.17, 15) is 9.59 Å². The van der Waals surface area contributed by atoms with Crippen molar-refractivity contribution >= 4 is 29.5 Å². The summed E-state index contributed by atoms with van der Waals surface area (Å²) in [5.74, 6) is -0.117. The highest BCUT2D eigenvalue weighted by atomic mass is 16.5. The average Bonchev–Trinajstić information content (AvgIpc) is 2.72. The Kier molecular flexibility index (Phi) is 6.53. The summed E-state index contributed by atoms with van der Waals surface area (Å²) in [6.45, 7) is 3.64. The summed E-state index contributed by atoms with van der Waals surface area (Å²) in [5, 5.41) is 5.78. The van der Waals surface area contributed by atoms with Crippen molar-refractivity contribution in [2.24, 2.45) is 0 Å². The number of amides is 1. The molecule has 0 radical (unpaired) electrons. The Hall–Kier alpha value is -4.01. The molecule has 0 atom stereocenters. The minimum atomic E-state index is -0.520. The van der Waals surface area contributed by atoms with Crippen LogP contribution in [0.25, 0.3) is 0 Å². The zero-order valence-electron chi connectivity index (χ0n) is 16.7. The lowest BCUT2D eigenvalue weighted by molar-refractivity contribution is -0.119. The van der Waals surface area contributed by atoms with Gasteiger partial charge in [-0.25, -0.2) is 4.79 Å². The highest BCUT2D eigenvalue weighted by Gasteiger charge is 2.11. The third kappa shape index (κ3) is 5.74. The van der Waals surface area contributed by atoms with E-state index in [4.69, 9.17) is 10.5 Å². The zero-order chi connectivity index (χ0) is 21.5. The minimum absolute atomic E-state index is 0.0226. The molecule has 3 rings (SSSR count). The third-order valence-corrected chi connectivity index (χ3v) is 4.15. The first-order valence-electron chi connectivity index (χ1n) is 9.24. The van der Waals surface area contributed by atoms with E-state index in [0.717, 1.165) is 16.8 Å². The SMILES string of the molecule is CC(=O)NCc1ccc(C(=O)OCc2nc(N)nc(Nc3ccccc3C)n2)cc1. The molecule has 0 fully saturated rings. The normalized spacial score (nSPS) is 10.3. The van der Waals surface area contributed by atoms with Gasteiger partial charge in [0.15, 0.2) is 12.4 Å². The number of aryl methyl sites for hydroxylation is 1. The van der Waals surface area contributed by atoms with Crippen LogP contribution in [-0.2, 0) is 22.7 Å². The van der Waals surface area contributed by atoms with Gasteiger partial charge >= 0.3 is 5.97 Å². The molecule has 0 unspecified atom stereocenters. The number of rotatable bonds is 7. The first-order valence-corrected chi connectivity index (χ1v) is 9.24. The van der Waals surface area contributed by atoms with E-state index in [0.29, 0.717) is 12.1 Å². The second-order valence-electron chi connectivity index (χ2n) is 6.56. The number of benzene rings is 2. The zero-order valence-corrected chi connectivity index (χ0v) is 16.7. The van der Waals surface area contributed by atoms with Gasteiger partial charge in [-0.05, 0) is 36.2 Å². The summed E-state index contributed by atoms with van der Waals surface area (Å²) in [6, 6.07) is 14.4. The number of aromatic nitrogens is 3. The Balaban J connectivity index is 1.62. The van der Waals surface area contributed by atoms with Crippen LogP contribution in [-0.4, -0.2) is 26.8 Å². The quantitative estimate of drug-likeness (QED) is 0.510. The van der Waals surface area contributed by atoms with Gasteiger partial charge < -0.3 is 21.1 Å². The van der Waals surface area contributed by atoms with Crippen molar-refractivity contribution in [3.05, 3.63) is 71.0 Å². The standard InChI is InChI=1S/C21H22N6O3/c1-13-5-3-4-6-17(13)24-21-26-18(25-20(22)27-21)12-30-19(29)16-9-7-15(8-10-16)11-23-14(2)28/h3-10H,11-12H2,1-2H3,(H,23,28)(H3,22,24,25,26,27). The number of carbonyl (C=O) groups excluding carboxylic acids is 2. The maximum Gasteiger partial charge on any atom is 0.338 e. The summed E-state index contributed by atoms with van der Waals surface area (Å²) >= 11 is 0. The summed E-state index contributed by atoms with van der Waals surface area (Å²) in [6.07, 6.45) is 0. The van der Waals surface area contributed by atoms with Crippen molar-refractivity contribution in [2.45, 2.75) is 27.0 Å². The predicted molar refractivity (Wildman–Crippen MR) is 112 cm³/mol. The number of nitrogens with two attached hydrogens (primary N) is 1. The molecule has 0 saturated heterocycles. The molecule has 154 valence electrons. The summed E-state index contributed by atoms with van der Waals surface area (Å²) in [5.41, 5.74) is 8.87. The molecule has 1 amide bonds. The van der Waals surface area contributed by atoms with Crippen LogP contribution in [0.15, 0.2) is 48.5 Å². The molecule has 9 heteroatoms. The molecule has 0 aliphatic carbocycles. The van der Waals surface area contributed by atoms with Gasteiger partial charge in [0.05, 0.1) is 5.56 Å². The number of ether oxygens (including phenoxy) is 1. The fraction of sp³-hybridized carbons (Fsp3) is 0.190. The van der Waals surface area contributed by atoms with Crippen LogP contribution in [0, 0.1) is 6.92 Å². The molecule has 0 spiro atoms. The monoisotopic (exact) mass is 406 g/mol. The number of nitrogens with zero attached hydrogens (tertiary/aromatic N) is 3. The van der Waals surface area contributed by atoms with Gasteiger partial charge in [-0.15, -0.1) is 0 Å². The highest BCUT2D eigenvalue weighted by molar-refractivity contribution is 5.89. The van der Waals surface area contributed by atoms with Gasteiger partial charge in [0.2, 0.25) is 17.8 Å². The van der Waals surface area contributed by atoms with Gasteiger partial charge in [0, 0.05) is 19.2 Å². The fourth-order valence-electron chi connectivity index (χ4n) is 2.59. The predicted octanol–water partition coefficient (Wildman–Crippen LogP) is 2.50. The van der Waals surface area contributed by atoms with Gasteiger partial charge in [-0.2, -0.15) is 15.0 Å². The van der Waals surface area contributed by atoms with E-state index in [1.165, 1.54) is 6.92 Å².